The van der Waals surface area contributed by atoms with Gasteiger partial charge in [-0.25, -0.2) is 4.39 Å². The van der Waals surface area contributed by atoms with E-state index in [1.54, 1.807) is 12.1 Å². The van der Waals surface area contributed by atoms with E-state index >= 15 is 0 Å². The molecule has 104 valence electrons. The molecule has 0 N–H and O–H groups in total. The summed E-state index contributed by atoms with van der Waals surface area (Å²) in [5, 5.41) is 0. The summed E-state index contributed by atoms with van der Waals surface area (Å²) in [6.45, 7) is 4.28. The number of hydrogen-bond acceptors (Lipinski definition) is 3. The summed E-state index contributed by atoms with van der Waals surface area (Å²) < 4.78 is 24.4. The second kappa shape index (κ2) is 5.99. The number of benzene rings is 1. The lowest BCUT2D eigenvalue weighted by Crippen LogP contribution is -2.40. The Morgan fingerprint density at radius 2 is 2.11 bits per heavy atom. The predicted octanol–water partition coefficient (Wildman–Crippen LogP) is 2.41. The second-order valence-corrected chi connectivity index (χ2v) is 5.38. The molecule has 0 unspecified atom stereocenters. The van der Waals surface area contributed by atoms with Crippen LogP contribution in [0.2, 0.25) is 0 Å². The van der Waals surface area contributed by atoms with Crippen LogP contribution in [0, 0.1) is 11.7 Å². The number of hydrogen-bond donors (Lipinski definition) is 0. The predicted molar refractivity (Wildman–Crippen MR) is 70.1 cm³/mol. The summed E-state index contributed by atoms with van der Waals surface area (Å²) >= 11 is 0. The zero-order valence-corrected chi connectivity index (χ0v) is 11.1. The van der Waals surface area contributed by atoms with Crippen molar-refractivity contribution in [2.24, 2.45) is 5.92 Å². The van der Waals surface area contributed by atoms with E-state index in [4.69, 9.17) is 9.47 Å². The van der Waals surface area contributed by atoms with E-state index in [1.165, 1.54) is 6.07 Å². The highest BCUT2D eigenvalue weighted by Crippen LogP contribution is 2.25. The van der Waals surface area contributed by atoms with E-state index in [9.17, 15) is 4.39 Å². The first-order valence-electron chi connectivity index (χ1n) is 7.01. The van der Waals surface area contributed by atoms with Crippen LogP contribution in [0.1, 0.15) is 18.4 Å². The van der Waals surface area contributed by atoms with Crippen molar-refractivity contribution in [1.29, 1.82) is 0 Å². The third kappa shape index (κ3) is 3.32. The minimum atomic E-state index is -0.159. The summed E-state index contributed by atoms with van der Waals surface area (Å²) in [5.41, 5.74) is 1.04. The molecule has 0 amide bonds. The first-order valence-corrected chi connectivity index (χ1v) is 7.01. The number of likely N-dealkylation sites (tertiary alicyclic amines) is 1. The van der Waals surface area contributed by atoms with E-state index in [0.29, 0.717) is 19.1 Å². The van der Waals surface area contributed by atoms with Gasteiger partial charge in [0, 0.05) is 19.0 Å². The summed E-state index contributed by atoms with van der Waals surface area (Å²) in [6.07, 6.45) is 2.28. The Morgan fingerprint density at radius 3 is 2.89 bits per heavy atom. The SMILES string of the molecule is Fc1cccc(CN2CCC[C@H](C3OCCO3)C2)c1. The van der Waals surface area contributed by atoms with Crippen molar-refractivity contribution in [3.8, 4) is 0 Å². The van der Waals surface area contributed by atoms with Gasteiger partial charge in [0.1, 0.15) is 5.82 Å². The van der Waals surface area contributed by atoms with Crippen LogP contribution < -0.4 is 0 Å². The van der Waals surface area contributed by atoms with Gasteiger partial charge < -0.3 is 9.47 Å². The lowest BCUT2D eigenvalue weighted by molar-refractivity contribution is -0.101. The van der Waals surface area contributed by atoms with Crippen molar-refractivity contribution in [3.05, 3.63) is 35.6 Å². The van der Waals surface area contributed by atoms with Crippen molar-refractivity contribution in [2.45, 2.75) is 25.7 Å². The quantitative estimate of drug-likeness (QED) is 0.837. The minimum Gasteiger partial charge on any atom is -0.350 e. The highest BCUT2D eigenvalue weighted by atomic mass is 19.1. The molecule has 2 heterocycles. The van der Waals surface area contributed by atoms with Crippen molar-refractivity contribution >= 4 is 0 Å². The third-order valence-electron chi connectivity index (χ3n) is 3.87. The van der Waals surface area contributed by atoms with Gasteiger partial charge in [-0.1, -0.05) is 12.1 Å². The standard InChI is InChI=1S/C15H20FNO2/c16-14-5-1-3-12(9-14)10-17-6-2-4-13(11-17)15-18-7-8-19-15/h1,3,5,9,13,15H,2,4,6-8,10-11H2/t13-/m0/s1. The molecular weight excluding hydrogens is 245 g/mol. The van der Waals surface area contributed by atoms with E-state index in [2.05, 4.69) is 4.90 Å². The Bertz CT molecular complexity index is 420. The molecule has 0 aliphatic carbocycles. The van der Waals surface area contributed by atoms with Gasteiger partial charge in [0.2, 0.25) is 0 Å². The Balaban J connectivity index is 1.58. The van der Waals surface area contributed by atoms with Crippen LogP contribution in [0.5, 0.6) is 0 Å². The molecule has 0 bridgehead atoms. The Hall–Kier alpha value is -0.970. The summed E-state index contributed by atoms with van der Waals surface area (Å²) in [4.78, 5) is 2.37. The first-order chi connectivity index (χ1) is 9.31. The highest BCUT2D eigenvalue weighted by Gasteiger charge is 2.30. The summed E-state index contributed by atoms with van der Waals surface area (Å²) in [7, 11) is 0. The molecule has 0 aromatic heterocycles. The van der Waals surface area contributed by atoms with Gasteiger partial charge in [-0.15, -0.1) is 0 Å². The van der Waals surface area contributed by atoms with Gasteiger partial charge in [0.25, 0.3) is 0 Å². The van der Waals surface area contributed by atoms with Crippen LogP contribution in [0.15, 0.2) is 24.3 Å². The molecule has 1 aromatic carbocycles. The van der Waals surface area contributed by atoms with Crippen molar-refractivity contribution in [3.63, 3.8) is 0 Å². The summed E-state index contributed by atoms with van der Waals surface area (Å²) in [6, 6.07) is 6.86. The average Bonchev–Trinajstić information content (AvgIpc) is 2.93. The molecule has 2 aliphatic heterocycles. The molecule has 0 radical (unpaired) electrons. The molecule has 1 atom stereocenters. The fraction of sp³-hybridized carbons (Fsp3) is 0.600. The Labute approximate surface area is 113 Å². The molecule has 3 nitrogen and oxygen atoms in total. The normalized spacial score (nSPS) is 25.8. The molecule has 2 fully saturated rings. The third-order valence-corrected chi connectivity index (χ3v) is 3.87. The van der Waals surface area contributed by atoms with Crippen LogP contribution in [0.25, 0.3) is 0 Å². The van der Waals surface area contributed by atoms with E-state index in [1.807, 2.05) is 6.07 Å². The number of nitrogens with zero attached hydrogens (tertiary/aromatic N) is 1. The zero-order valence-electron chi connectivity index (χ0n) is 11.1. The van der Waals surface area contributed by atoms with Gasteiger partial charge in [-0.05, 0) is 37.1 Å². The number of rotatable bonds is 3. The zero-order chi connectivity index (χ0) is 13.1. The minimum absolute atomic E-state index is 0.0321. The molecule has 3 rings (SSSR count). The van der Waals surface area contributed by atoms with Gasteiger partial charge in [0.15, 0.2) is 6.29 Å². The van der Waals surface area contributed by atoms with Crippen LogP contribution in [-0.4, -0.2) is 37.5 Å². The Morgan fingerprint density at radius 1 is 1.26 bits per heavy atom. The highest BCUT2D eigenvalue weighted by molar-refractivity contribution is 5.16. The van der Waals surface area contributed by atoms with Gasteiger partial charge >= 0.3 is 0 Å². The molecule has 19 heavy (non-hydrogen) atoms. The van der Waals surface area contributed by atoms with Crippen LogP contribution in [0.4, 0.5) is 4.39 Å². The van der Waals surface area contributed by atoms with Crippen molar-refractivity contribution in [2.75, 3.05) is 26.3 Å². The second-order valence-electron chi connectivity index (χ2n) is 5.38. The van der Waals surface area contributed by atoms with Crippen LogP contribution in [-0.2, 0) is 16.0 Å². The fourth-order valence-electron chi connectivity index (χ4n) is 3.00. The van der Waals surface area contributed by atoms with Gasteiger partial charge in [-0.3, -0.25) is 4.90 Å². The largest absolute Gasteiger partial charge is 0.350 e. The number of ether oxygens (including phenoxy) is 2. The van der Waals surface area contributed by atoms with Crippen molar-refractivity contribution < 1.29 is 13.9 Å². The van der Waals surface area contributed by atoms with Crippen LogP contribution in [0.3, 0.4) is 0 Å². The molecule has 2 aliphatic rings. The lowest BCUT2D eigenvalue weighted by Gasteiger charge is -2.34. The van der Waals surface area contributed by atoms with E-state index in [-0.39, 0.29) is 12.1 Å². The maximum absolute atomic E-state index is 13.2. The topological polar surface area (TPSA) is 21.7 Å². The smallest absolute Gasteiger partial charge is 0.161 e. The van der Waals surface area contributed by atoms with E-state index in [0.717, 1.165) is 38.0 Å². The summed E-state index contributed by atoms with van der Waals surface area (Å²) in [5.74, 6) is 0.290. The molecular formula is C15H20FNO2. The molecule has 4 heteroatoms. The number of piperidine rings is 1. The Kier molecular flexibility index (Phi) is 4.11. The fourth-order valence-corrected chi connectivity index (χ4v) is 3.00. The lowest BCUT2D eigenvalue weighted by atomic mass is 9.97. The maximum atomic E-state index is 13.2. The average molecular weight is 265 g/mol. The molecule has 0 spiro atoms. The van der Waals surface area contributed by atoms with Gasteiger partial charge in [0.05, 0.1) is 13.2 Å². The number of halogens is 1. The van der Waals surface area contributed by atoms with Crippen molar-refractivity contribution in [1.82, 2.24) is 4.90 Å². The maximum Gasteiger partial charge on any atom is 0.161 e. The van der Waals surface area contributed by atoms with Gasteiger partial charge in [-0.2, -0.15) is 0 Å². The first kappa shape index (κ1) is 13.0. The van der Waals surface area contributed by atoms with E-state index < -0.39 is 0 Å². The monoisotopic (exact) mass is 265 g/mol. The molecule has 2 saturated heterocycles. The molecule has 1 aromatic rings. The van der Waals surface area contributed by atoms with Crippen LogP contribution >= 0.6 is 0 Å². The molecule has 0 saturated carbocycles.